The van der Waals surface area contributed by atoms with E-state index in [9.17, 15) is 14.4 Å². The average molecular weight is 477 g/mol. The molecule has 3 N–H and O–H groups in total. The fourth-order valence-corrected chi connectivity index (χ4v) is 6.25. The van der Waals surface area contributed by atoms with E-state index < -0.39 is 17.4 Å². The second-order valence-corrected chi connectivity index (χ2v) is 9.89. The number of rotatable bonds is 5. The number of para-hydroxylation sites is 1. The van der Waals surface area contributed by atoms with Crippen LogP contribution < -0.4 is 10.6 Å². The lowest BCUT2D eigenvalue weighted by Crippen LogP contribution is -2.53. The van der Waals surface area contributed by atoms with Crippen molar-refractivity contribution in [2.24, 2.45) is 11.8 Å². The van der Waals surface area contributed by atoms with Crippen molar-refractivity contribution >= 4 is 45.9 Å². The summed E-state index contributed by atoms with van der Waals surface area (Å²) in [5.41, 5.74) is 1.99. The lowest BCUT2D eigenvalue weighted by atomic mass is 9.76. The smallest absolute Gasteiger partial charge is 0.250 e. The zero-order chi connectivity index (χ0) is 23.6. The van der Waals surface area contributed by atoms with Gasteiger partial charge in [0, 0.05) is 46.0 Å². The largest absolute Gasteiger partial charge is 0.361 e. The Labute approximate surface area is 201 Å². The van der Waals surface area contributed by atoms with Crippen LogP contribution in [-0.4, -0.2) is 40.2 Å². The molecule has 3 aliphatic rings. The summed E-state index contributed by atoms with van der Waals surface area (Å²) in [5.74, 6) is -2.22. The predicted octanol–water partition coefficient (Wildman–Crippen LogP) is 3.58. The molecule has 6 rings (SSSR count). The van der Waals surface area contributed by atoms with Crippen molar-refractivity contribution < 1.29 is 14.4 Å². The van der Waals surface area contributed by atoms with E-state index in [1.165, 1.54) is 4.90 Å². The van der Waals surface area contributed by atoms with Crippen LogP contribution in [0.3, 0.4) is 0 Å². The SMILES string of the molecule is CCCCN1C(=O)C2C(Cc3c[nH]c4ccccc34)NC3(C(=O)Nc4ccc(Cl)cc43)C2C1=O. The number of hydrogen-bond acceptors (Lipinski definition) is 4. The van der Waals surface area contributed by atoms with Crippen LogP contribution in [0.2, 0.25) is 5.02 Å². The number of fused-ring (bicyclic) bond motifs is 5. The average Bonchev–Trinajstić information content (AvgIpc) is 3.53. The van der Waals surface area contributed by atoms with Gasteiger partial charge in [-0.2, -0.15) is 0 Å². The molecule has 3 amide bonds. The molecule has 3 aliphatic heterocycles. The van der Waals surface area contributed by atoms with Gasteiger partial charge in [0.05, 0.1) is 11.8 Å². The first kappa shape index (κ1) is 21.4. The summed E-state index contributed by atoms with van der Waals surface area (Å²) in [6.07, 6.45) is 4.06. The van der Waals surface area contributed by atoms with Crippen LogP contribution in [0.4, 0.5) is 5.69 Å². The molecule has 2 saturated heterocycles. The van der Waals surface area contributed by atoms with Crippen LogP contribution in [-0.2, 0) is 26.3 Å². The summed E-state index contributed by atoms with van der Waals surface area (Å²) >= 11 is 6.32. The maximum absolute atomic E-state index is 13.7. The maximum atomic E-state index is 13.7. The van der Waals surface area contributed by atoms with E-state index in [0.29, 0.717) is 29.2 Å². The molecule has 4 unspecified atom stereocenters. The van der Waals surface area contributed by atoms with E-state index in [0.717, 1.165) is 29.3 Å². The molecule has 3 aromatic rings. The number of hydrogen-bond donors (Lipinski definition) is 3. The van der Waals surface area contributed by atoms with Gasteiger partial charge >= 0.3 is 0 Å². The number of carbonyl (C=O) groups excluding carboxylic acids is 3. The first-order chi connectivity index (χ1) is 16.5. The monoisotopic (exact) mass is 476 g/mol. The molecule has 1 aromatic heterocycles. The fourth-order valence-electron chi connectivity index (χ4n) is 6.08. The topological polar surface area (TPSA) is 94.3 Å². The summed E-state index contributed by atoms with van der Waals surface area (Å²) in [4.78, 5) is 45.5. The second kappa shape index (κ2) is 7.68. The van der Waals surface area contributed by atoms with E-state index in [1.54, 1.807) is 18.2 Å². The summed E-state index contributed by atoms with van der Waals surface area (Å²) in [5, 5.41) is 7.96. The van der Waals surface area contributed by atoms with Crippen molar-refractivity contribution in [3.8, 4) is 0 Å². The highest BCUT2D eigenvalue weighted by atomic mass is 35.5. The van der Waals surface area contributed by atoms with E-state index in [4.69, 9.17) is 11.6 Å². The molecular weight excluding hydrogens is 452 g/mol. The Morgan fingerprint density at radius 1 is 1.09 bits per heavy atom. The number of nitrogens with zero attached hydrogens (tertiary/aromatic N) is 1. The lowest BCUT2D eigenvalue weighted by molar-refractivity contribution is -0.142. The van der Waals surface area contributed by atoms with Gasteiger partial charge in [-0.1, -0.05) is 43.1 Å². The number of nitrogens with one attached hydrogen (secondary N) is 3. The minimum Gasteiger partial charge on any atom is -0.361 e. The van der Waals surface area contributed by atoms with E-state index in [-0.39, 0.29) is 23.8 Å². The van der Waals surface area contributed by atoms with Crippen molar-refractivity contribution in [3.05, 3.63) is 64.8 Å². The molecule has 34 heavy (non-hydrogen) atoms. The van der Waals surface area contributed by atoms with E-state index >= 15 is 0 Å². The molecule has 1 spiro atoms. The molecule has 2 aromatic carbocycles. The standard InChI is InChI=1S/C26H25ClN4O3/c1-2-3-10-31-23(32)21-20(11-14-13-28-18-7-5-4-6-16(14)18)30-26(22(21)24(31)33)17-12-15(27)8-9-19(17)29-25(26)34/h4-9,12-13,20-22,28,30H,2-3,10-11H2,1H3,(H,29,34). The minimum absolute atomic E-state index is 0.194. The molecule has 2 fully saturated rings. The Morgan fingerprint density at radius 2 is 1.91 bits per heavy atom. The Kier molecular flexibility index (Phi) is 4.83. The number of halogens is 1. The number of imide groups is 1. The van der Waals surface area contributed by atoms with Crippen molar-refractivity contribution in [2.75, 3.05) is 11.9 Å². The van der Waals surface area contributed by atoms with Crippen LogP contribution in [0, 0.1) is 11.8 Å². The quantitative estimate of drug-likeness (QED) is 0.490. The van der Waals surface area contributed by atoms with Crippen LogP contribution in [0.15, 0.2) is 48.7 Å². The van der Waals surface area contributed by atoms with Crippen LogP contribution in [0.5, 0.6) is 0 Å². The molecule has 7 nitrogen and oxygen atoms in total. The van der Waals surface area contributed by atoms with Crippen LogP contribution >= 0.6 is 11.6 Å². The maximum Gasteiger partial charge on any atom is 0.250 e. The summed E-state index contributed by atoms with van der Waals surface area (Å²) in [6.45, 7) is 2.40. The van der Waals surface area contributed by atoms with Gasteiger partial charge in [-0.15, -0.1) is 0 Å². The Hall–Kier alpha value is -3.16. The number of likely N-dealkylation sites (tertiary alicyclic amines) is 1. The summed E-state index contributed by atoms with van der Waals surface area (Å²) in [6, 6.07) is 12.8. The number of amides is 3. The number of H-pyrrole nitrogens is 1. The highest BCUT2D eigenvalue weighted by molar-refractivity contribution is 6.31. The first-order valence-electron chi connectivity index (χ1n) is 11.7. The molecule has 0 radical (unpaired) electrons. The Bertz CT molecular complexity index is 1350. The molecule has 0 aliphatic carbocycles. The number of anilines is 1. The molecular formula is C26H25ClN4O3. The molecule has 174 valence electrons. The number of aromatic nitrogens is 1. The van der Waals surface area contributed by atoms with Gasteiger partial charge in [0.15, 0.2) is 0 Å². The fraction of sp³-hybridized carbons (Fsp3) is 0.346. The third-order valence-electron chi connectivity index (χ3n) is 7.62. The Morgan fingerprint density at radius 3 is 2.74 bits per heavy atom. The highest BCUT2D eigenvalue weighted by Crippen LogP contribution is 2.53. The van der Waals surface area contributed by atoms with Crippen LogP contribution in [0.1, 0.15) is 30.9 Å². The number of unbranched alkanes of at least 4 members (excludes halogenated alkanes) is 1. The van der Waals surface area contributed by atoms with Crippen molar-refractivity contribution in [3.63, 3.8) is 0 Å². The van der Waals surface area contributed by atoms with Crippen molar-refractivity contribution in [2.45, 2.75) is 37.8 Å². The highest BCUT2D eigenvalue weighted by Gasteiger charge is 2.70. The Balaban J connectivity index is 1.47. The second-order valence-electron chi connectivity index (χ2n) is 9.45. The number of carbonyl (C=O) groups is 3. The lowest BCUT2D eigenvalue weighted by Gasteiger charge is -2.29. The van der Waals surface area contributed by atoms with E-state index in [2.05, 4.69) is 15.6 Å². The van der Waals surface area contributed by atoms with Gasteiger partial charge in [0.1, 0.15) is 5.54 Å². The van der Waals surface area contributed by atoms with Gasteiger partial charge in [-0.25, -0.2) is 0 Å². The van der Waals surface area contributed by atoms with Crippen LogP contribution in [0.25, 0.3) is 10.9 Å². The summed E-state index contributed by atoms with van der Waals surface area (Å²) < 4.78 is 0. The first-order valence-corrected chi connectivity index (χ1v) is 12.1. The molecule has 0 saturated carbocycles. The molecule has 4 atom stereocenters. The van der Waals surface area contributed by atoms with Crippen molar-refractivity contribution in [1.29, 1.82) is 0 Å². The normalized spacial score (nSPS) is 27.6. The minimum atomic E-state index is -1.32. The molecule has 0 bridgehead atoms. The van der Waals surface area contributed by atoms with Gasteiger partial charge in [-0.05, 0) is 42.7 Å². The zero-order valence-corrected chi connectivity index (χ0v) is 19.5. The van der Waals surface area contributed by atoms with Gasteiger partial charge < -0.3 is 10.3 Å². The number of benzene rings is 2. The van der Waals surface area contributed by atoms with E-state index in [1.807, 2.05) is 37.4 Å². The van der Waals surface area contributed by atoms with Gasteiger partial charge in [0.2, 0.25) is 17.7 Å². The van der Waals surface area contributed by atoms with Gasteiger partial charge in [0.25, 0.3) is 0 Å². The zero-order valence-electron chi connectivity index (χ0n) is 18.7. The van der Waals surface area contributed by atoms with Crippen molar-refractivity contribution in [1.82, 2.24) is 15.2 Å². The predicted molar refractivity (Wildman–Crippen MR) is 129 cm³/mol. The third-order valence-corrected chi connectivity index (χ3v) is 7.85. The number of aromatic amines is 1. The molecule has 4 heterocycles. The molecule has 8 heteroatoms. The van der Waals surface area contributed by atoms with Gasteiger partial charge in [-0.3, -0.25) is 24.6 Å². The summed E-state index contributed by atoms with van der Waals surface area (Å²) in [7, 11) is 0. The third kappa shape index (κ3) is 2.83.